The second-order valence-electron chi connectivity index (χ2n) is 5.53. The van der Waals surface area contributed by atoms with Crippen molar-refractivity contribution in [1.29, 1.82) is 5.26 Å². The molecule has 0 saturated heterocycles. The molecule has 0 aliphatic carbocycles. The lowest BCUT2D eigenvalue weighted by Crippen LogP contribution is -2.09. The zero-order valence-electron chi connectivity index (χ0n) is 12.7. The van der Waals surface area contributed by atoms with Gasteiger partial charge >= 0.3 is 6.09 Å². The van der Waals surface area contributed by atoms with E-state index in [1.165, 1.54) is 0 Å². The molecule has 7 heteroatoms. The third-order valence-electron chi connectivity index (χ3n) is 4.09. The van der Waals surface area contributed by atoms with Gasteiger partial charge in [-0.25, -0.2) is 9.36 Å². The summed E-state index contributed by atoms with van der Waals surface area (Å²) in [5.41, 5.74) is 2.92. The summed E-state index contributed by atoms with van der Waals surface area (Å²) in [4.78, 5) is 22.8. The van der Waals surface area contributed by atoms with Crippen molar-refractivity contribution < 1.29 is 14.7 Å². The van der Waals surface area contributed by atoms with E-state index < -0.39 is 6.09 Å². The van der Waals surface area contributed by atoms with Crippen LogP contribution in [0.4, 0.5) is 4.79 Å². The van der Waals surface area contributed by atoms with Crippen LogP contribution >= 0.6 is 0 Å². The van der Waals surface area contributed by atoms with Gasteiger partial charge in [0.05, 0.1) is 28.4 Å². The van der Waals surface area contributed by atoms with Gasteiger partial charge in [-0.15, -0.1) is 0 Å². The van der Waals surface area contributed by atoms with E-state index in [2.05, 4.69) is 16.3 Å². The summed E-state index contributed by atoms with van der Waals surface area (Å²) in [5, 5.41) is 27.0. The van der Waals surface area contributed by atoms with Crippen LogP contribution in [0, 0.1) is 11.3 Å². The lowest BCUT2D eigenvalue weighted by molar-refractivity contribution is 0.112. The predicted molar refractivity (Wildman–Crippen MR) is 90.6 cm³/mol. The number of carbonyl (C=O) groups is 2. The Hall–Kier alpha value is -3.92. The van der Waals surface area contributed by atoms with Gasteiger partial charge in [0.2, 0.25) is 0 Å². The first-order valence-corrected chi connectivity index (χ1v) is 7.35. The molecule has 0 radical (unpaired) electrons. The number of hydrogen-bond donors (Lipinski definition) is 2. The van der Waals surface area contributed by atoms with Crippen LogP contribution in [0.3, 0.4) is 0 Å². The second kappa shape index (κ2) is 5.32. The maximum Gasteiger partial charge on any atom is 0.416 e. The van der Waals surface area contributed by atoms with E-state index in [0.717, 1.165) is 4.57 Å². The van der Waals surface area contributed by atoms with Crippen molar-refractivity contribution in [3.05, 3.63) is 53.6 Å². The van der Waals surface area contributed by atoms with E-state index in [9.17, 15) is 14.7 Å². The number of rotatable bonds is 2. The number of nitrogens with zero attached hydrogens (tertiary/aromatic N) is 3. The largest absolute Gasteiger partial charge is 0.464 e. The highest BCUT2D eigenvalue weighted by atomic mass is 16.4. The van der Waals surface area contributed by atoms with Gasteiger partial charge in [-0.3, -0.25) is 9.89 Å². The Bertz CT molecular complexity index is 1210. The van der Waals surface area contributed by atoms with Crippen molar-refractivity contribution in [3.63, 3.8) is 0 Å². The monoisotopic (exact) mass is 330 g/mol. The van der Waals surface area contributed by atoms with E-state index in [1.807, 2.05) is 0 Å². The van der Waals surface area contributed by atoms with Crippen LogP contribution in [-0.2, 0) is 0 Å². The lowest BCUT2D eigenvalue weighted by atomic mass is 10.1. The summed E-state index contributed by atoms with van der Waals surface area (Å²) in [5.74, 6) is 0. The molecule has 2 aromatic carbocycles. The summed E-state index contributed by atoms with van der Waals surface area (Å²) < 4.78 is 1.14. The summed E-state index contributed by atoms with van der Waals surface area (Å²) in [6.07, 6.45) is -0.432. The molecule has 0 spiro atoms. The molecular formula is C18H10N4O3. The molecule has 0 unspecified atom stereocenters. The molecule has 0 fully saturated rings. The summed E-state index contributed by atoms with van der Waals surface area (Å²) in [6, 6.07) is 13.6. The van der Waals surface area contributed by atoms with Gasteiger partial charge in [0, 0.05) is 16.3 Å². The van der Waals surface area contributed by atoms with E-state index in [1.54, 1.807) is 42.5 Å². The van der Waals surface area contributed by atoms with Crippen LogP contribution in [0.2, 0.25) is 0 Å². The number of aldehydes is 1. The Kier molecular flexibility index (Phi) is 3.12. The smallest absolute Gasteiger partial charge is 0.416 e. The maximum absolute atomic E-state index is 11.8. The number of carbonyl (C=O) groups excluding carboxylic acids is 1. The maximum atomic E-state index is 11.8. The minimum absolute atomic E-state index is 0.390. The normalized spacial score (nSPS) is 10.8. The van der Waals surface area contributed by atoms with Gasteiger partial charge in [0.15, 0.2) is 0 Å². The molecule has 4 aromatic rings. The Balaban J connectivity index is 2.03. The SMILES string of the molecule is N#Cc1ccc2c(-c3cc4cc(C=O)ccc4n3C(=O)O)n[nH]c2c1. The van der Waals surface area contributed by atoms with E-state index in [4.69, 9.17) is 5.26 Å². The average Bonchev–Trinajstić information content (AvgIpc) is 3.20. The first kappa shape index (κ1) is 14.7. The quantitative estimate of drug-likeness (QED) is 0.547. The number of carboxylic acid groups (broad SMARTS) is 1. The molecular weight excluding hydrogens is 320 g/mol. The van der Waals surface area contributed by atoms with Crippen LogP contribution < -0.4 is 0 Å². The standard InChI is InChI=1S/C18H10N4O3/c19-8-10-1-3-13-14(6-10)20-21-17(13)16-7-12-5-11(9-23)2-4-15(12)22(16)18(24)25/h1-7,9H,(H,20,21)(H,24,25). The number of hydrogen-bond acceptors (Lipinski definition) is 4. The Morgan fingerprint density at radius 3 is 2.80 bits per heavy atom. The Morgan fingerprint density at radius 1 is 1.24 bits per heavy atom. The van der Waals surface area contributed by atoms with Crippen molar-refractivity contribution >= 4 is 34.2 Å². The van der Waals surface area contributed by atoms with Crippen molar-refractivity contribution in [1.82, 2.24) is 14.8 Å². The fraction of sp³-hybridized carbons (Fsp3) is 0. The van der Waals surface area contributed by atoms with Gasteiger partial charge in [0.1, 0.15) is 12.0 Å². The predicted octanol–water partition coefficient (Wildman–Crippen LogP) is 3.39. The van der Waals surface area contributed by atoms with Crippen LogP contribution in [0.1, 0.15) is 15.9 Å². The number of nitriles is 1. The van der Waals surface area contributed by atoms with Crippen LogP contribution in [0.25, 0.3) is 33.2 Å². The van der Waals surface area contributed by atoms with Crippen LogP contribution in [-0.4, -0.2) is 32.3 Å². The molecule has 7 nitrogen and oxygen atoms in total. The van der Waals surface area contributed by atoms with Crippen molar-refractivity contribution in [2.75, 3.05) is 0 Å². The second-order valence-corrected chi connectivity index (χ2v) is 5.53. The summed E-state index contributed by atoms with van der Waals surface area (Å²) >= 11 is 0. The van der Waals surface area contributed by atoms with Crippen molar-refractivity contribution in [3.8, 4) is 17.5 Å². The highest BCUT2D eigenvalue weighted by Gasteiger charge is 2.20. The summed E-state index contributed by atoms with van der Waals surface area (Å²) in [6.45, 7) is 0. The summed E-state index contributed by atoms with van der Waals surface area (Å²) in [7, 11) is 0. The number of nitrogens with one attached hydrogen (secondary N) is 1. The molecule has 0 amide bonds. The van der Waals surface area contributed by atoms with Crippen LogP contribution in [0.15, 0.2) is 42.5 Å². The van der Waals surface area contributed by atoms with E-state index in [-0.39, 0.29) is 0 Å². The van der Waals surface area contributed by atoms with Gasteiger partial charge in [0.25, 0.3) is 0 Å². The van der Waals surface area contributed by atoms with Gasteiger partial charge in [-0.2, -0.15) is 10.4 Å². The number of benzene rings is 2. The van der Waals surface area contributed by atoms with Gasteiger partial charge < -0.3 is 5.11 Å². The van der Waals surface area contributed by atoms with Gasteiger partial charge in [-0.05, 0) is 42.5 Å². The van der Waals surface area contributed by atoms with Crippen molar-refractivity contribution in [2.24, 2.45) is 0 Å². The molecule has 2 N–H and O–H groups in total. The number of H-pyrrole nitrogens is 1. The fourth-order valence-corrected chi connectivity index (χ4v) is 2.97. The van der Waals surface area contributed by atoms with Crippen molar-refractivity contribution in [2.45, 2.75) is 0 Å². The lowest BCUT2D eigenvalue weighted by Gasteiger charge is -2.03. The van der Waals surface area contributed by atoms with E-state index in [0.29, 0.717) is 50.6 Å². The third-order valence-corrected chi connectivity index (χ3v) is 4.09. The molecule has 2 aromatic heterocycles. The molecule has 2 heterocycles. The minimum atomic E-state index is -1.14. The molecule has 120 valence electrons. The Labute approximate surface area is 140 Å². The van der Waals surface area contributed by atoms with Crippen LogP contribution in [0.5, 0.6) is 0 Å². The minimum Gasteiger partial charge on any atom is -0.464 e. The first-order chi connectivity index (χ1) is 12.1. The molecule has 0 bridgehead atoms. The molecule has 4 rings (SSSR count). The zero-order chi connectivity index (χ0) is 17.6. The average molecular weight is 330 g/mol. The molecule has 0 aliphatic rings. The Morgan fingerprint density at radius 2 is 2.08 bits per heavy atom. The fourth-order valence-electron chi connectivity index (χ4n) is 2.97. The highest BCUT2D eigenvalue weighted by molar-refractivity contribution is 6.02. The highest BCUT2D eigenvalue weighted by Crippen LogP contribution is 2.32. The first-order valence-electron chi connectivity index (χ1n) is 7.35. The molecule has 0 aliphatic heterocycles. The molecule has 25 heavy (non-hydrogen) atoms. The topological polar surface area (TPSA) is 112 Å². The van der Waals surface area contributed by atoms with Gasteiger partial charge in [-0.1, -0.05) is 0 Å². The zero-order valence-corrected chi connectivity index (χ0v) is 12.7. The number of fused-ring (bicyclic) bond motifs is 2. The van der Waals surface area contributed by atoms with E-state index >= 15 is 0 Å². The third kappa shape index (κ3) is 2.16. The molecule has 0 saturated carbocycles. The number of aromatic nitrogens is 3. The number of aromatic amines is 1. The molecule has 0 atom stereocenters.